The monoisotopic (exact) mass is 520 g/mol. The van der Waals surface area contributed by atoms with Gasteiger partial charge in [0.2, 0.25) is 0 Å². The zero-order valence-electron chi connectivity index (χ0n) is 22.2. The molecule has 2 fully saturated rings. The van der Waals surface area contributed by atoms with E-state index >= 15 is 17.6 Å². The van der Waals surface area contributed by atoms with Crippen LogP contribution in [0.5, 0.6) is 0 Å². The van der Waals surface area contributed by atoms with Crippen LogP contribution in [-0.2, 0) is 0 Å². The van der Waals surface area contributed by atoms with Gasteiger partial charge >= 0.3 is 0 Å². The molecule has 0 N–H and O–H groups in total. The van der Waals surface area contributed by atoms with Crippen LogP contribution in [0.25, 0.3) is 33.4 Å². The fourth-order valence-corrected chi connectivity index (χ4v) is 7.30. The minimum atomic E-state index is -1.04. The summed E-state index contributed by atoms with van der Waals surface area (Å²) in [7, 11) is 0. The third-order valence-corrected chi connectivity index (χ3v) is 9.53. The van der Waals surface area contributed by atoms with Crippen molar-refractivity contribution in [1.29, 1.82) is 0 Å². The van der Waals surface area contributed by atoms with Gasteiger partial charge in [0.15, 0.2) is 11.6 Å². The molecule has 4 heteroatoms. The highest BCUT2D eigenvalue weighted by Gasteiger charge is 2.36. The van der Waals surface area contributed by atoms with Crippen molar-refractivity contribution in [1.82, 2.24) is 0 Å². The van der Waals surface area contributed by atoms with Gasteiger partial charge in [-0.2, -0.15) is 0 Å². The summed E-state index contributed by atoms with van der Waals surface area (Å²) in [6, 6.07) is 10.0. The maximum Gasteiger partial charge on any atom is 0.168 e. The summed E-state index contributed by atoms with van der Waals surface area (Å²) >= 11 is 0. The molecule has 0 radical (unpaired) electrons. The molecule has 200 valence electrons. The van der Waals surface area contributed by atoms with E-state index in [1.165, 1.54) is 31.7 Å². The minimum Gasteiger partial charge on any atom is -0.207 e. The van der Waals surface area contributed by atoms with Crippen molar-refractivity contribution in [2.75, 3.05) is 0 Å². The second-order valence-corrected chi connectivity index (χ2v) is 11.8. The quantitative estimate of drug-likeness (QED) is 0.222. The first-order valence-corrected chi connectivity index (χ1v) is 14.6. The van der Waals surface area contributed by atoms with Gasteiger partial charge in [0, 0.05) is 16.7 Å². The van der Waals surface area contributed by atoms with Gasteiger partial charge in [0.05, 0.1) is 0 Å². The summed E-state index contributed by atoms with van der Waals surface area (Å²) in [4.78, 5) is 0. The van der Waals surface area contributed by atoms with Gasteiger partial charge in [-0.1, -0.05) is 69.7 Å². The highest BCUT2D eigenvalue weighted by Crippen LogP contribution is 2.54. The van der Waals surface area contributed by atoms with Gasteiger partial charge in [-0.15, -0.1) is 0 Å². The minimum absolute atomic E-state index is 0.0240. The second kappa shape index (κ2) is 10.5. The Morgan fingerprint density at radius 2 is 1.32 bits per heavy atom. The van der Waals surface area contributed by atoms with Crippen molar-refractivity contribution in [2.45, 2.75) is 95.8 Å². The Morgan fingerprint density at radius 1 is 0.632 bits per heavy atom. The Morgan fingerprint density at radius 3 is 2.03 bits per heavy atom. The van der Waals surface area contributed by atoms with E-state index in [4.69, 9.17) is 0 Å². The molecule has 3 aliphatic carbocycles. The Balaban J connectivity index is 1.28. The molecule has 2 saturated carbocycles. The number of hydrogen-bond donors (Lipinski definition) is 0. The summed E-state index contributed by atoms with van der Waals surface area (Å²) in [5.74, 6) is -1.82. The summed E-state index contributed by atoms with van der Waals surface area (Å²) in [5.41, 5.74) is 2.97. The zero-order valence-corrected chi connectivity index (χ0v) is 22.2. The number of hydrogen-bond acceptors (Lipinski definition) is 0. The maximum atomic E-state index is 15.7. The van der Waals surface area contributed by atoms with Crippen molar-refractivity contribution < 1.29 is 17.6 Å². The smallest absolute Gasteiger partial charge is 0.168 e. The Hall–Kier alpha value is -2.62. The van der Waals surface area contributed by atoms with Crippen LogP contribution < -0.4 is 0 Å². The molecule has 6 rings (SSSR count). The predicted molar refractivity (Wildman–Crippen MR) is 146 cm³/mol. The number of halogens is 4. The Labute approximate surface area is 223 Å². The molecule has 0 spiro atoms. The SMILES string of the molecule is CCCCC1CCC(c2ccc3c(c2F)-c2c-3cc(-c3ccc(C4CCCCC4)c(F)c3)c(F)c2F)CC1. The molecule has 3 aromatic rings. The average molecular weight is 521 g/mol. The molecule has 0 saturated heterocycles. The van der Waals surface area contributed by atoms with Crippen molar-refractivity contribution in [3.05, 3.63) is 70.8 Å². The van der Waals surface area contributed by atoms with Crippen molar-refractivity contribution in [3.63, 3.8) is 0 Å². The fourth-order valence-electron chi connectivity index (χ4n) is 7.30. The molecule has 0 heterocycles. The number of rotatable bonds is 6. The lowest BCUT2D eigenvalue weighted by atomic mass is 9.73. The molecule has 0 amide bonds. The van der Waals surface area contributed by atoms with Crippen LogP contribution >= 0.6 is 0 Å². The van der Waals surface area contributed by atoms with Crippen molar-refractivity contribution in [2.24, 2.45) is 5.92 Å². The molecule has 38 heavy (non-hydrogen) atoms. The van der Waals surface area contributed by atoms with E-state index in [0.717, 1.165) is 51.4 Å². The van der Waals surface area contributed by atoms with E-state index < -0.39 is 17.5 Å². The van der Waals surface area contributed by atoms with Gasteiger partial charge in [-0.3, -0.25) is 0 Å². The van der Waals surface area contributed by atoms with Gasteiger partial charge < -0.3 is 0 Å². The largest absolute Gasteiger partial charge is 0.207 e. The van der Waals surface area contributed by atoms with Gasteiger partial charge in [0.1, 0.15) is 11.6 Å². The fraction of sp³-hybridized carbons (Fsp3) is 0.471. The molecule has 0 nitrogen and oxygen atoms in total. The van der Waals surface area contributed by atoms with Gasteiger partial charge in [-0.05, 0) is 96.2 Å². The lowest BCUT2D eigenvalue weighted by molar-refractivity contribution is 0.301. The second-order valence-electron chi connectivity index (χ2n) is 11.8. The molecular formula is C34H36F4. The Kier molecular flexibility index (Phi) is 7.09. The van der Waals surface area contributed by atoms with Crippen LogP contribution in [0.1, 0.15) is 107 Å². The van der Waals surface area contributed by atoms with Crippen LogP contribution in [0.2, 0.25) is 0 Å². The highest BCUT2D eigenvalue weighted by molar-refractivity contribution is 6.04. The first-order valence-electron chi connectivity index (χ1n) is 14.6. The van der Waals surface area contributed by atoms with Crippen LogP contribution in [0.4, 0.5) is 17.6 Å². The molecule has 0 bridgehead atoms. The third-order valence-electron chi connectivity index (χ3n) is 9.53. The van der Waals surface area contributed by atoms with E-state index in [9.17, 15) is 0 Å². The average Bonchev–Trinajstić information content (AvgIpc) is 2.93. The molecule has 0 atom stereocenters. The summed E-state index contributed by atoms with van der Waals surface area (Å²) < 4.78 is 61.6. The van der Waals surface area contributed by atoms with Crippen LogP contribution in [-0.4, -0.2) is 0 Å². The highest BCUT2D eigenvalue weighted by atomic mass is 19.2. The first kappa shape index (κ1) is 25.6. The van der Waals surface area contributed by atoms with Crippen molar-refractivity contribution >= 4 is 0 Å². The molecule has 3 aliphatic rings. The molecule has 3 aromatic carbocycles. The molecule has 0 aromatic heterocycles. The van der Waals surface area contributed by atoms with Crippen LogP contribution in [0.15, 0.2) is 36.4 Å². The van der Waals surface area contributed by atoms with Gasteiger partial charge in [0.25, 0.3) is 0 Å². The zero-order chi connectivity index (χ0) is 26.4. The van der Waals surface area contributed by atoms with E-state index in [-0.39, 0.29) is 34.3 Å². The summed E-state index contributed by atoms with van der Waals surface area (Å²) in [5, 5.41) is 0. The van der Waals surface area contributed by atoms with E-state index in [1.54, 1.807) is 18.2 Å². The number of fused-ring (bicyclic) bond motifs is 4. The standard InChI is InChI=1S/C34H36F4/c1-2-3-7-20-10-12-22(13-11-20)25-16-17-26-28-19-27(33(37)34(38)31(28)30(26)32(25)36)23-14-15-24(29(35)18-23)21-8-5-4-6-9-21/h14-22H,2-13H2,1H3. The van der Waals surface area contributed by atoms with E-state index in [2.05, 4.69) is 6.92 Å². The third kappa shape index (κ3) is 4.38. The van der Waals surface area contributed by atoms with E-state index in [0.29, 0.717) is 33.7 Å². The normalized spacial score (nSPS) is 21.1. The predicted octanol–water partition coefficient (Wildman–Crippen LogP) is 11.1. The van der Waals surface area contributed by atoms with E-state index in [1.807, 2.05) is 12.1 Å². The first-order chi connectivity index (χ1) is 18.5. The maximum absolute atomic E-state index is 15.7. The van der Waals surface area contributed by atoms with Crippen LogP contribution in [0.3, 0.4) is 0 Å². The molecule has 0 unspecified atom stereocenters. The number of benzene rings is 3. The topological polar surface area (TPSA) is 0 Å². The summed E-state index contributed by atoms with van der Waals surface area (Å²) in [6.45, 7) is 2.21. The summed E-state index contributed by atoms with van der Waals surface area (Å²) in [6.07, 6.45) is 13.0. The molecular weight excluding hydrogens is 484 g/mol. The van der Waals surface area contributed by atoms with Crippen LogP contribution in [0, 0.1) is 29.2 Å². The lowest BCUT2D eigenvalue weighted by Crippen LogP contribution is -2.16. The Bertz CT molecular complexity index is 1340. The molecule has 0 aliphatic heterocycles. The number of unbranched alkanes of at least 4 members (excludes halogenated alkanes) is 1. The lowest BCUT2D eigenvalue weighted by Gasteiger charge is -2.32. The van der Waals surface area contributed by atoms with Gasteiger partial charge in [-0.25, -0.2) is 17.6 Å². The van der Waals surface area contributed by atoms with Crippen molar-refractivity contribution in [3.8, 4) is 33.4 Å².